The summed E-state index contributed by atoms with van der Waals surface area (Å²) in [7, 11) is 3.12. The number of benzene rings is 2. The third kappa shape index (κ3) is 4.93. The van der Waals surface area contributed by atoms with E-state index in [-0.39, 0.29) is 11.5 Å². The Morgan fingerprint density at radius 1 is 1.16 bits per heavy atom. The fourth-order valence-corrected chi connectivity index (χ4v) is 5.80. The molecule has 2 aromatic carbocycles. The minimum absolute atomic E-state index is 0.187. The SMILES string of the molecule is CCN(CC)C(=O)C1=C(C)N=c2s/c(=C/c3cccc(Cl)c3Cl)c(=O)n2[C@H]1c1cc(OC)ccc1OC. The predicted molar refractivity (Wildman–Crippen MR) is 148 cm³/mol. The molecule has 37 heavy (non-hydrogen) atoms. The Balaban J connectivity index is 2.05. The van der Waals surface area contributed by atoms with Crippen molar-refractivity contribution in [1.29, 1.82) is 0 Å². The van der Waals surface area contributed by atoms with Crippen molar-refractivity contribution in [3.05, 3.63) is 88.5 Å². The Morgan fingerprint density at radius 2 is 1.89 bits per heavy atom. The van der Waals surface area contributed by atoms with Crippen molar-refractivity contribution in [3.63, 3.8) is 0 Å². The lowest BCUT2D eigenvalue weighted by molar-refractivity contribution is -0.127. The van der Waals surface area contributed by atoms with Crippen molar-refractivity contribution in [2.45, 2.75) is 26.8 Å². The lowest BCUT2D eigenvalue weighted by atomic mass is 9.93. The zero-order valence-electron chi connectivity index (χ0n) is 21.2. The Morgan fingerprint density at radius 3 is 2.54 bits per heavy atom. The number of likely N-dealkylation sites (N-methyl/N-ethyl adjacent to an activating group) is 1. The normalized spacial score (nSPS) is 15.3. The number of thiazole rings is 1. The van der Waals surface area contributed by atoms with Crippen LogP contribution in [0.15, 0.2) is 57.5 Å². The summed E-state index contributed by atoms with van der Waals surface area (Å²) < 4.78 is 13.1. The van der Waals surface area contributed by atoms with E-state index in [1.807, 2.05) is 13.8 Å². The maximum atomic E-state index is 13.9. The van der Waals surface area contributed by atoms with Gasteiger partial charge in [0.1, 0.15) is 17.5 Å². The van der Waals surface area contributed by atoms with Gasteiger partial charge in [-0.05, 0) is 56.7 Å². The molecule has 0 N–H and O–H groups in total. The summed E-state index contributed by atoms with van der Waals surface area (Å²) in [4.78, 5) is 34.6. The van der Waals surface area contributed by atoms with E-state index in [1.54, 1.807) is 73.1 Å². The van der Waals surface area contributed by atoms with Gasteiger partial charge in [0.2, 0.25) is 0 Å². The van der Waals surface area contributed by atoms with Crippen molar-refractivity contribution >= 4 is 46.5 Å². The molecule has 1 atom stereocenters. The molecule has 3 aromatic rings. The van der Waals surface area contributed by atoms with Crippen LogP contribution in [-0.2, 0) is 4.79 Å². The van der Waals surface area contributed by atoms with E-state index in [1.165, 1.54) is 11.3 Å². The Hall–Kier alpha value is -3.07. The summed E-state index contributed by atoms with van der Waals surface area (Å²) in [5.41, 5.74) is 1.90. The number of halogens is 2. The Kier molecular flexibility index (Phi) is 8.11. The van der Waals surface area contributed by atoms with E-state index < -0.39 is 6.04 Å². The van der Waals surface area contributed by atoms with Gasteiger partial charge in [0.25, 0.3) is 11.5 Å². The van der Waals surface area contributed by atoms with Gasteiger partial charge in [-0.2, -0.15) is 0 Å². The molecule has 0 fully saturated rings. The largest absolute Gasteiger partial charge is 0.497 e. The molecule has 1 aliphatic rings. The number of carbonyl (C=O) groups excluding carboxylic acids is 1. The van der Waals surface area contributed by atoms with Crippen LogP contribution in [-0.4, -0.2) is 42.7 Å². The number of nitrogens with zero attached hydrogens (tertiary/aromatic N) is 3. The summed E-state index contributed by atoms with van der Waals surface area (Å²) in [5.74, 6) is 0.916. The van der Waals surface area contributed by atoms with E-state index in [4.69, 9.17) is 37.7 Å². The standard InChI is InChI=1S/C27H27Cl2N3O4S/c1-6-31(7-2)26(34)22-15(3)30-27-32(24(22)18-14-17(35-4)11-12-20(18)36-5)25(33)21(37-27)13-16-9-8-10-19(28)23(16)29/h8-14,24H,6-7H2,1-5H3/b21-13+/t24-/m0/s1. The smallest absolute Gasteiger partial charge is 0.271 e. The van der Waals surface area contributed by atoms with E-state index in [2.05, 4.69) is 0 Å². The number of hydrogen-bond donors (Lipinski definition) is 0. The molecule has 1 aromatic heterocycles. The number of carbonyl (C=O) groups is 1. The molecule has 0 radical (unpaired) electrons. The van der Waals surface area contributed by atoms with Gasteiger partial charge in [-0.3, -0.25) is 14.2 Å². The molecule has 2 heterocycles. The van der Waals surface area contributed by atoms with Crippen LogP contribution in [0.25, 0.3) is 6.08 Å². The summed E-state index contributed by atoms with van der Waals surface area (Å²) in [6, 6.07) is 9.81. The average molecular weight is 561 g/mol. The molecule has 0 saturated carbocycles. The molecule has 0 bridgehead atoms. The van der Waals surface area contributed by atoms with Crippen molar-refractivity contribution in [3.8, 4) is 11.5 Å². The first-order valence-corrected chi connectivity index (χ1v) is 13.3. The number of aromatic nitrogens is 1. The molecule has 194 valence electrons. The summed E-state index contributed by atoms with van der Waals surface area (Å²) in [6.45, 7) is 6.67. The van der Waals surface area contributed by atoms with Gasteiger partial charge in [-0.1, -0.05) is 46.7 Å². The summed E-state index contributed by atoms with van der Waals surface area (Å²) in [6.07, 6.45) is 1.70. The van der Waals surface area contributed by atoms with Crippen LogP contribution >= 0.6 is 34.5 Å². The van der Waals surface area contributed by atoms with Gasteiger partial charge in [-0.25, -0.2) is 4.99 Å². The van der Waals surface area contributed by atoms with Gasteiger partial charge >= 0.3 is 0 Å². The average Bonchev–Trinajstić information content (AvgIpc) is 3.20. The Bertz CT molecular complexity index is 1570. The zero-order valence-corrected chi connectivity index (χ0v) is 23.5. The van der Waals surface area contributed by atoms with E-state index >= 15 is 0 Å². The van der Waals surface area contributed by atoms with Gasteiger partial charge in [-0.15, -0.1) is 0 Å². The van der Waals surface area contributed by atoms with Crippen LogP contribution in [0.1, 0.15) is 37.9 Å². The lowest BCUT2D eigenvalue weighted by Gasteiger charge is -2.30. The second-order valence-electron chi connectivity index (χ2n) is 8.31. The number of hydrogen-bond acceptors (Lipinski definition) is 6. The predicted octanol–water partition coefficient (Wildman–Crippen LogP) is 4.43. The number of fused-ring (bicyclic) bond motifs is 1. The van der Waals surface area contributed by atoms with Gasteiger partial charge in [0, 0.05) is 18.7 Å². The molecule has 1 amide bonds. The fraction of sp³-hybridized carbons (Fsp3) is 0.296. The minimum Gasteiger partial charge on any atom is -0.497 e. The van der Waals surface area contributed by atoms with Crippen molar-refractivity contribution < 1.29 is 14.3 Å². The molecule has 10 heteroatoms. The highest BCUT2D eigenvalue weighted by Gasteiger charge is 2.36. The molecule has 4 rings (SSSR count). The number of methoxy groups -OCH3 is 2. The summed E-state index contributed by atoms with van der Waals surface area (Å²) >= 11 is 13.8. The maximum Gasteiger partial charge on any atom is 0.271 e. The fourth-order valence-electron chi connectivity index (χ4n) is 4.40. The third-order valence-electron chi connectivity index (χ3n) is 6.30. The van der Waals surface area contributed by atoms with Crippen LogP contribution in [0.2, 0.25) is 10.0 Å². The number of allylic oxidation sites excluding steroid dienone is 1. The highest BCUT2D eigenvalue weighted by molar-refractivity contribution is 7.07. The van der Waals surface area contributed by atoms with E-state index in [0.717, 1.165) is 0 Å². The first-order chi connectivity index (χ1) is 17.7. The number of rotatable bonds is 7. The van der Waals surface area contributed by atoms with Crippen LogP contribution < -0.4 is 24.4 Å². The van der Waals surface area contributed by atoms with Gasteiger partial charge in [0.15, 0.2) is 4.80 Å². The minimum atomic E-state index is -0.772. The number of ether oxygens (including phenoxy) is 2. The van der Waals surface area contributed by atoms with Gasteiger partial charge < -0.3 is 14.4 Å². The molecule has 0 saturated heterocycles. The molecular formula is C27H27Cl2N3O4S. The van der Waals surface area contributed by atoms with Gasteiger partial charge in [0.05, 0.1) is 40.1 Å². The van der Waals surface area contributed by atoms with E-state index in [9.17, 15) is 9.59 Å². The van der Waals surface area contributed by atoms with E-state index in [0.29, 0.717) is 66.4 Å². The molecule has 0 aliphatic carbocycles. The van der Waals surface area contributed by atoms with Crippen molar-refractivity contribution in [2.75, 3.05) is 27.3 Å². The first kappa shape index (κ1) is 27.0. The highest BCUT2D eigenvalue weighted by Crippen LogP contribution is 2.38. The zero-order chi connectivity index (χ0) is 26.9. The maximum absolute atomic E-state index is 13.9. The van der Waals surface area contributed by atoms with Crippen LogP contribution in [0, 0.1) is 0 Å². The van der Waals surface area contributed by atoms with Crippen LogP contribution in [0.3, 0.4) is 0 Å². The van der Waals surface area contributed by atoms with Crippen LogP contribution in [0.5, 0.6) is 11.5 Å². The highest BCUT2D eigenvalue weighted by atomic mass is 35.5. The van der Waals surface area contributed by atoms with Crippen LogP contribution in [0.4, 0.5) is 0 Å². The second kappa shape index (κ2) is 11.1. The third-order valence-corrected chi connectivity index (χ3v) is 8.12. The molecule has 0 spiro atoms. The molecule has 1 aliphatic heterocycles. The lowest BCUT2D eigenvalue weighted by Crippen LogP contribution is -2.43. The molecule has 7 nitrogen and oxygen atoms in total. The second-order valence-corrected chi connectivity index (χ2v) is 10.1. The molecule has 0 unspecified atom stereocenters. The van der Waals surface area contributed by atoms with Crippen molar-refractivity contribution in [2.24, 2.45) is 4.99 Å². The quantitative estimate of drug-likeness (QED) is 0.429. The number of amides is 1. The first-order valence-electron chi connectivity index (χ1n) is 11.7. The van der Waals surface area contributed by atoms with Crippen molar-refractivity contribution in [1.82, 2.24) is 9.47 Å². The molecular weight excluding hydrogens is 533 g/mol. The topological polar surface area (TPSA) is 73.1 Å². The monoisotopic (exact) mass is 559 g/mol. The Labute approximate surface area is 228 Å². The summed E-state index contributed by atoms with van der Waals surface area (Å²) in [5, 5.41) is 0.750.